The van der Waals surface area contributed by atoms with E-state index in [-0.39, 0.29) is 19.2 Å². The summed E-state index contributed by atoms with van der Waals surface area (Å²) in [6.45, 7) is 5.21. The van der Waals surface area contributed by atoms with Crippen molar-refractivity contribution in [2.75, 3.05) is 19.8 Å². The van der Waals surface area contributed by atoms with Crippen LogP contribution in [0, 0.1) is 0 Å². The predicted octanol–water partition coefficient (Wildman–Crippen LogP) is 11.9. The van der Waals surface area contributed by atoms with E-state index in [4.69, 9.17) is 9.47 Å². The number of aliphatic hydroxyl groups excluding tert-OH is 1. The monoisotopic (exact) mass is 617 g/mol. The van der Waals surface area contributed by atoms with Gasteiger partial charge in [0.15, 0.2) is 0 Å². The van der Waals surface area contributed by atoms with Gasteiger partial charge in [-0.05, 0) is 51.4 Å². The normalized spacial score (nSPS) is 12.9. The Kier molecular flexibility index (Phi) is 36.1. The standard InChI is InChI=1S/C40H72O4/c1-3-5-7-9-11-13-15-17-18-19-20-21-22-23-24-26-28-30-32-34-36-43-38-39(37-41)44-40(42)35-33-31-29-27-25-16-14-12-10-8-6-4-2/h5,7,11,13,17-18,20-21,39,41H,3-4,6,8-10,12,14-16,19,22-38H2,1-2H3/b7-5-,13-11-,18-17-,21-20-. The summed E-state index contributed by atoms with van der Waals surface area (Å²) in [7, 11) is 0. The molecule has 0 aromatic rings. The second-order valence-electron chi connectivity index (χ2n) is 12.3. The van der Waals surface area contributed by atoms with Gasteiger partial charge < -0.3 is 14.6 Å². The van der Waals surface area contributed by atoms with Crippen molar-refractivity contribution in [3.05, 3.63) is 48.6 Å². The molecule has 4 heteroatoms. The maximum atomic E-state index is 12.1. The van der Waals surface area contributed by atoms with Crippen LogP contribution in [-0.4, -0.2) is 37.0 Å². The number of esters is 1. The van der Waals surface area contributed by atoms with E-state index < -0.39 is 6.10 Å². The number of hydrogen-bond acceptors (Lipinski definition) is 4. The summed E-state index contributed by atoms with van der Waals surface area (Å²) < 4.78 is 11.1. The van der Waals surface area contributed by atoms with E-state index >= 15 is 0 Å². The molecule has 0 amide bonds. The van der Waals surface area contributed by atoms with E-state index in [1.165, 1.54) is 109 Å². The van der Waals surface area contributed by atoms with Gasteiger partial charge in [0.05, 0.1) is 13.2 Å². The summed E-state index contributed by atoms with van der Waals surface area (Å²) in [5.74, 6) is -0.207. The highest BCUT2D eigenvalue weighted by Crippen LogP contribution is 2.13. The zero-order valence-corrected chi connectivity index (χ0v) is 29.2. The summed E-state index contributed by atoms with van der Waals surface area (Å²) in [4.78, 5) is 12.1. The maximum Gasteiger partial charge on any atom is 0.306 e. The zero-order chi connectivity index (χ0) is 32.0. The fourth-order valence-corrected chi connectivity index (χ4v) is 5.14. The second kappa shape index (κ2) is 37.5. The number of aliphatic hydroxyl groups is 1. The lowest BCUT2D eigenvalue weighted by molar-refractivity contribution is -0.154. The summed E-state index contributed by atoms with van der Waals surface area (Å²) in [6.07, 6.45) is 47.2. The lowest BCUT2D eigenvalue weighted by atomic mass is 10.0. The molecule has 4 nitrogen and oxygen atoms in total. The van der Waals surface area contributed by atoms with Crippen LogP contribution in [0.5, 0.6) is 0 Å². The Morgan fingerprint density at radius 3 is 1.55 bits per heavy atom. The fourth-order valence-electron chi connectivity index (χ4n) is 5.14. The fraction of sp³-hybridized carbons (Fsp3) is 0.775. The Bertz CT molecular complexity index is 693. The molecule has 44 heavy (non-hydrogen) atoms. The molecule has 0 aromatic carbocycles. The maximum absolute atomic E-state index is 12.1. The van der Waals surface area contributed by atoms with Gasteiger partial charge >= 0.3 is 5.97 Å². The minimum atomic E-state index is -0.537. The number of ether oxygens (including phenoxy) is 2. The van der Waals surface area contributed by atoms with Gasteiger partial charge in [-0.2, -0.15) is 0 Å². The Balaban J connectivity index is 3.47. The minimum absolute atomic E-state index is 0.175. The summed E-state index contributed by atoms with van der Waals surface area (Å²) in [6, 6.07) is 0. The van der Waals surface area contributed by atoms with E-state index in [1.807, 2.05) is 0 Å². The molecular formula is C40H72O4. The third-order valence-electron chi connectivity index (χ3n) is 7.92. The van der Waals surface area contributed by atoms with Gasteiger partial charge in [-0.15, -0.1) is 0 Å². The number of unbranched alkanes of at least 4 members (excludes halogenated alkanes) is 18. The van der Waals surface area contributed by atoms with Crippen molar-refractivity contribution in [3.8, 4) is 0 Å². The summed E-state index contributed by atoms with van der Waals surface area (Å²) in [5.41, 5.74) is 0. The Hall–Kier alpha value is -1.65. The van der Waals surface area contributed by atoms with Crippen molar-refractivity contribution in [1.29, 1.82) is 0 Å². The largest absolute Gasteiger partial charge is 0.457 e. The molecule has 0 heterocycles. The molecule has 256 valence electrons. The van der Waals surface area contributed by atoms with Gasteiger partial charge in [0.1, 0.15) is 6.10 Å². The van der Waals surface area contributed by atoms with Crippen molar-refractivity contribution < 1.29 is 19.4 Å². The van der Waals surface area contributed by atoms with Gasteiger partial charge in [-0.3, -0.25) is 4.79 Å². The molecule has 1 unspecified atom stereocenters. The lowest BCUT2D eigenvalue weighted by Gasteiger charge is -2.16. The van der Waals surface area contributed by atoms with Gasteiger partial charge in [-0.1, -0.05) is 165 Å². The molecule has 0 aliphatic carbocycles. The molecule has 0 aromatic heterocycles. The highest BCUT2D eigenvalue weighted by molar-refractivity contribution is 5.69. The minimum Gasteiger partial charge on any atom is -0.457 e. The SMILES string of the molecule is CC/C=C\C/C=C\C/C=C\C/C=C\CCCCCCCCCOCC(CO)OC(=O)CCCCCCCCCCCCCC. The van der Waals surface area contributed by atoms with Crippen LogP contribution in [0.15, 0.2) is 48.6 Å². The van der Waals surface area contributed by atoms with E-state index in [0.717, 1.165) is 44.9 Å². The first-order chi connectivity index (χ1) is 21.7. The molecule has 1 N–H and O–H groups in total. The van der Waals surface area contributed by atoms with E-state index in [1.54, 1.807) is 0 Å². The highest BCUT2D eigenvalue weighted by atomic mass is 16.6. The van der Waals surface area contributed by atoms with Crippen LogP contribution < -0.4 is 0 Å². The van der Waals surface area contributed by atoms with E-state index in [0.29, 0.717) is 13.0 Å². The molecule has 0 aliphatic heterocycles. The van der Waals surface area contributed by atoms with Crippen molar-refractivity contribution in [1.82, 2.24) is 0 Å². The third kappa shape index (κ3) is 34.8. The molecule has 0 fully saturated rings. The Labute approximate surface area is 273 Å². The number of allylic oxidation sites excluding steroid dienone is 8. The molecule has 0 bridgehead atoms. The van der Waals surface area contributed by atoms with Crippen molar-refractivity contribution in [2.24, 2.45) is 0 Å². The first-order valence-electron chi connectivity index (χ1n) is 18.7. The molecule has 0 saturated heterocycles. The first kappa shape index (κ1) is 42.3. The number of hydrogen-bond donors (Lipinski definition) is 1. The van der Waals surface area contributed by atoms with Gasteiger partial charge in [-0.25, -0.2) is 0 Å². The Morgan fingerprint density at radius 2 is 1.02 bits per heavy atom. The van der Waals surface area contributed by atoms with Crippen LogP contribution in [-0.2, 0) is 14.3 Å². The van der Waals surface area contributed by atoms with Crippen LogP contribution in [0.2, 0.25) is 0 Å². The Morgan fingerprint density at radius 1 is 0.568 bits per heavy atom. The molecule has 0 radical (unpaired) electrons. The lowest BCUT2D eigenvalue weighted by Crippen LogP contribution is -2.27. The highest BCUT2D eigenvalue weighted by Gasteiger charge is 2.13. The molecule has 0 spiro atoms. The average molecular weight is 617 g/mol. The van der Waals surface area contributed by atoms with Gasteiger partial charge in [0, 0.05) is 13.0 Å². The van der Waals surface area contributed by atoms with Crippen molar-refractivity contribution in [3.63, 3.8) is 0 Å². The number of rotatable bonds is 34. The topological polar surface area (TPSA) is 55.8 Å². The predicted molar refractivity (Wildman–Crippen MR) is 191 cm³/mol. The number of carbonyl (C=O) groups is 1. The number of carbonyl (C=O) groups excluding carboxylic acids is 1. The van der Waals surface area contributed by atoms with Crippen LogP contribution in [0.25, 0.3) is 0 Å². The van der Waals surface area contributed by atoms with E-state index in [9.17, 15) is 9.90 Å². The van der Waals surface area contributed by atoms with Crippen molar-refractivity contribution in [2.45, 2.75) is 180 Å². The second-order valence-corrected chi connectivity index (χ2v) is 12.3. The van der Waals surface area contributed by atoms with E-state index in [2.05, 4.69) is 62.5 Å². The first-order valence-corrected chi connectivity index (χ1v) is 18.7. The van der Waals surface area contributed by atoms with Crippen LogP contribution >= 0.6 is 0 Å². The average Bonchev–Trinajstić information content (AvgIpc) is 3.03. The van der Waals surface area contributed by atoms with Gasteiger partial charge in [0.25, 0.3) is 0 Å². The smallest absolute Gasteiger partial charge is 0.306 e. The zero-order valence-electron chi connectivity index (χ0n) is 29.2. The molecular weight excluding hydrogens is 544 g/mol. The third-order valence-corrected chi connectivity index (χ3v) is 7.92. The van der Waals surface area contributed by atoms with Crippen LogP contribution in [0.4, 0.5) is 0 Å². The summed E-state index contributed by atoms with van der Waals surface area (Å²) in [5, 5.41) is 9.55. The molecule has 1 atom stereocenters. The van der Waals surface area contributed by atoms with Gasteiger partial charge in [0.2, 0.25) is 0 Å². The summed E-state index contributed by atoms with van der Waals surface area (Å²) >= 11 is 0. The van der Waals surface area contributed by atoms with Crippen LogP contribution in [0.3, 0.4) is 0 Å². The quantitative estimate of drug-likeness (QED) is 0.0444. The molecule has 0 aliphatic rings. The molecule has 0 rings (SSSR count). The van der Waals surface area contributed by atoms with Crippen molar-refractivity contribution >= 4 is 5.97 Å². The van der Waals surface area contributed by atoms with Crippen LogP contribution in [0.1, 0.15) is 174 Å². The molecule has 0 saturated carbocycles.